The highest BCUT2D eigenvalue weighted by molar-refractivity contribution is 7.21. The highest BCUT2D eigenvalue weighted by Gasteiger charge is 2.10. The molecule has 0 unspecified atom stereocenters. The average molecular weight is 377 g/mol. The third-order valence-electron chi connectivity index (χ3n) is 3.18. The smallest absolute Gasteiger partial charge is 0.322 e. The Morgan fingerprint density at radius 1 is 1.00 bits per heavy atom. The zero-order chi connectivity index (χ0) is 16.9. The maximum absolute atomic E-state index is 11.9. The van der Waals surface area contributed by atoms with Crippen molar-refractivity contribution in [2.75, 3.05) is 0 Å². The topological polar surface area (TPSA) is 58.2 Å². The van der Waals surface area contributed by atoms with Gasteiger partial charge in [-0.2, -0.15) is 0 Å². The van der Waals surface area contributed by atoms with Crippen molar-refractivity contribution in [1.29, 1.82) is 0 Å². The van der Waals surface area contributed by atoms with Crippen LogP contribution >= 0.6 is 34.3 Å². The number of hydrogen-bond acceptors (Lipinski definition) is 4. The molecule has 0 bridgehead atoms. The van der Waals surface area contributed by atoms with E-state index in [1.54, 1.807) is 46.9 Å². The number of benzene rings is 1. The molecule has 3 amide bonds. The van der Waals surface area contributed by atoms with Gasteiger partial charge in [-0.1, -0.05) is 17.7 Å². The average Bonchev–Trinajstić information content (AvgIpc) is 3.25. The highest BCUT2D eigenvalue weighted by Crippen LogP contribution is 2.31. The van der Waals surface area contributed by atoms with E-state index in [1.165, 1.54) is 9.75 Å². The van der Waals surface area contributed by atoms with Crippen LogP contribution in [0.4, 0.5) is 4.79 Å². The van der Waals surface area contributed by atoms with Gasteiger partial charge in [0.2, 0.25) is 0 Å². The first-order chi connectivity index (χ1) is 11.6. The fraction of sp³-hybridized carbons (Fsp3) is 0.0588. The van der Waals surface area contributed by atoms with Crippen molar-refractivity contribution in [3.05, 3.63) is 69.4 Å². The molecule has 4 nitrogen and oxygen atoms in total. The molecular formula is C17H13ClN2O2S2. The van der Waals surface area contributed by atoms with E-state index >= 15 is 0 Å². The van der Waals surface area contributed by atoms with Crippen LogP contribution in [0.25, 0.3) is 9.75 Å². The molecule has 24 heavy (non-hydrogen) atoms. The van der Waals surface area contributed by atoms with Crippen LogP contribution in [0.1, 0.15) is 15.2 Å². The van der Waals surface area contributed by atoms with E-state index in [2.05, 4.69) is 16.7 Å². The van der Waals surface area contributed by atoms with Gasteiger partial charge in [-0.25, -0.2) is 4.79 Å². The second-order valence-corrected chi connectivity index (χ2v) is 7.44. The molecule has 2 aromatic heterocycles. The van der Waals surface area contributed by atoms with Crippen molar-refractivity contribution < 1.29 is 9.59 Å². The van der Waals surface area contributed by atoms with Gasteiger partial charge in [0, 0.05) is 25.2 Å². The molecule has 7 heteroatoms. The van der Waals surface area contributed by atoms with Gasteiger partial charge in [0.25, 0.3) is 5.91 Å². The third kappa shape index (κ3) is 4.23. The Balaban J connectivity index is 1.52. The number of urea groups is 1. The summed E-state index contributed by atoms with van der Waals surface area (Å²) >= 11 is 9.06. The number of carbonyl (C=O) groups excluding carboxylic acids is 2. The number of imide groups is 1. The van der Waals surface area contributed by atoms with Crippen molar-refractivity contribution in [2.45, 2.75) is 6.54 Å². The van der Waals surface area contributed by atoms with Crippen molar-refractivity contribution in [1.82, 2.24) is 10.6 Å². The van der Waals surface area contributed by atoms with Gasteiger partial charge >= 0.3 is 6.03 Å². The number of nitrogens with one attached hydrogen (secondary N) is 2. The lowest BCUT2D eigenvalue weighted by atomic mass is 10.2. The zero-order valence-electron chi connectivity index (χ0n) is 12.4. The summed E-state index contributed by atoms with van der Waals surface area (Å²) in [6, 6.07) is 13.9. The van der Waals surface area contributed by atoms with E-state index in [1.807, 2.05) is 23.6 Å². The number of rotatable bonds is 4. The van der Waals surface area contributed by atoms with Crippen LogP contribution in [0, 0.1) is 0 Å². The minimum Gasteiger partial charge on any atom is -0.333 e. The van der Waals surface area contributed by atoms with Crippen molar-refractivity contribution in [3.8, 4) is 9.75 Å². The van der Waals surface area contributed by atoms with Crippen molar-refractivity contribution in [3.63, 3.8) is 0 Å². The molecule has 0 atom stereocenters. The summed E-state index contributed by atoms with van der Waals surface area (Å²) in [6.07, 6.45) is 0. The third-order valence-corrected chi connectivity index (χ3v) is 5.59. The van der Waals surface area contributed by atoms with E-state index in [4.69, 9.17) is 11.6 Å². The molecule has 2 N–H and O–H groups in total. The monoisotopic (exact) mass is 376 g/mol. The molecule has 122 valence electrons. The maximum atomic E-state index is 11.9. The number of hydrogen-bond donors (Lipinski definition) is 2. The summed E-state index contributed by atoms with van der Waals surface area (Å²) in [5.74, 6) is -0.463. The Labute approximate surface area is 152 Å². The predicted molar refractivity (Wildman–Crippen MR) is 98.8 cm³/mol. The predicted octanol–water partition coefficient (Wildman–Crippen LogP) is 4.77. The molecule has 1 aromatic carbocycles. The lowest BCUT2D eigenvalue weighted by molar-refractivity contribution is 0.0964. The van der Waals surface area contributed by atoms with E-state index < -0.39 is 11.9 Å². The summed E-state index contributed by atoms with van der Waals surface area (Å²) in [6.45, 7) is 0.371. The molecule has 0 saturated carbocycles. The summed E-state index contributed by atoms with van der Waals surface area (Å²) in [5.41, 5.74) is 0.380. The SMILES string of the molecule is O=C(NCc1ccc(-c2cccs2)s1)NC(=O)c1ccc(Cl)cc1. The molecule has 3 aromatic rings. The lowest BCUT2D eigenvalue weighted by Crippen LogP contribution is -2.38. The Bertz CT molecular complexity index is 842. The molecule has 0 saturated heterocycles. The normalized spacial score (nSPS) is 10.4. The molecule has 0 fully saturated rings. The van der Waals surface area contributed by atoms with Crippen LogP contribution in [-0.4, -0.2) is 11.9 Å². The quantitative estimate of drug-likeness (QED) is 0.689. The Morgan fingerprint density at radius 2 is 1.79 bits per heavy atom. The van der Waals surface area contributed by atoms with Gasteiger partial charge in [-0.3, -0.25) is 10.1 Å². The van der Waals surface area contributed by atoms with Crippen LogP contribution in [0.2, 0.25) is 5.02 Å². The standard InChI is InChI=1S/C17H13ClN2O2S2/c18-12-5-3-11(4-6-12)16(21)20-17(22)19-10-13-7-8-15(24-13)14-2-1-9-23-14/h1-9H,10H2,(H2,19,20,21,22). The van der Waals surface area contributed by atoms with E-state index in [9.17, 15) is 9.59 Å². The second kappa shape index (κ2) is 7.61. The fourth-order valence-corrected chi connectivity index (χ4v) is 3.92. The Kier molecular flexibility index (Phi) is 5.30. The van der Waals surface area contributed by atoms with Gasteiger partial charge in [0.05, 0.1) is 6.54 Å². The molecule has 0 aliphatic carbocycles. The second-order valence-electron chi connectivity index (χ2n) is 4.89. The van der Waals surface area contributed by atoms with E-state index in [0.29, 0.717) is 17.1 Å². The van der Waals surface area contributed by atoms with Crippen LogP contribution in [-0.2, 0) is 6.54 Å². The molecule has 3 rings (SSSR count). The van der Waals surface area contributed by atoms with Gasteiger partial charge < -0.3 is 5.32 Å². The van der Waals surface area contributed by atoms with E-state index in [0.717, 1.165) is 4.88 Å². The van der Waals surface area contributed by atoms with Crippen LogP contribution < -0.4 is 10.6 Å². The minimum atomic E-state index is -0.527. The van der Waals surface area contributed by atoms with Crippen LogP contribution in [0.15, 0.2) is 53.9 Å². The number of thiophene rings is 2. The minimum absolute atomic E-state index is 0.371. The number of carbonyl (C=O) groups is 2. The Hall–Kier alpha value is -2.15. The zero-order valence-corrected chi connectivity index (χ0v) is 14.8. The summed E-state index contributed by atoms with van der Waals surface area (Å²) in [7, 11) is 0. The van der Waals surface area contributed by atoms with E-state index in [-0.39, 0.29) is 0 Å². The Morgan fingerprint density at radius 3 is 2.50 bits per heavy atom. The highest BCUT2D eigenvalue weighted by atomic mass is 35.5. The van der Waals surface area contributed by atoms with Crippen molar-refractivity contribution >= 4 is 46.2 Å². The summed E-state index contributed by atoms with van der Waals surface area (Å²) in [4.78, 5) is 27.2. The number of halogens is 1. The lowest BCUT2D eigenvalue weighted by Gasteiger charge is -2.05. The van der Waals surface area contributed by atoms with Crippen LogP contribution in [0.5, 0.6) is 0 Å². The van der Waals surface area contributed by atoms with Crippen molar-refractivity contribution in [2.24, 2.45) is 0 Å². The largest absolute Gasteiger partial charge is 0.333 e. The van der Waals surface area contributed by atoms with Crippen LogP contribution in [0.3, 0.4) is 0 Å². The first-order valence-corrected chi connectivity index (χ1v) is 9.16. The first-order valence-electron chi connectivity index (χ1n) is 7.09. The fourth-order valence-electron chi connectivity index (χ4n) is 2.01. The summed E-state index contributed by atoms with van der Waals surface area (Å²) in [5, 5.41) is 7.55. The molecule has 0 aliphatic heterocycles. The molecule has 0 spiro atoms. The molecule has 0 radical (unpaired) electrons. The van der Waals surface area contributed by atoms with Gasteiger partial charge in [0.1, 0.15) is 0 Å². The molecule has 0 aliphatic rings. The molecule has 2 heterocycles. The first kappa shape index (κ1) is 16.7. The van der Waals surface area contributed by atoms with Gasteiger partial charge in [-0.05, 0) is 47.8 Å². The maximum Gasteiger partial charge on any atom is 0.322 e. The van der Waals surface area contributed by atoms with Gasteiger partial charge in [-0.15, -0.1) is 22.7 Å². The van der Waals surface area contributed by atoms with Gasteiger partial charge in [0.15, 0.2) is 0 Å². The molecular weight excluding hydrogens is 364 g/mol. The summed E-state index contributed by atoms with van der Waals surface area (Å²) < 4.78 is 0. The number of amides is 3.